The van der Waals surface area contributed by atoms with Crippen molar-refractivity contribution in [3.8, 4) is 5.75 Å². The number of rotatable bonds is 7. The summed E-state index contributed by atoms with van der Waals surface area (Å²) in [5, 5.41) is 4.46. The van der Waals surface area contributed by atoms with Crippen molar-refractivity contribution in [2.45, 2.75) is 32.7 Å². The Balaban J connectivity index is 1.82. The Morgan fingerprint density at radius 2 is 1.69 bits per heavy atom. The number of nitrogens with zero attached hydrogens (tertiary/aromatic N) is 3. The van der Waals surface area contributed by atoms with Gasteiger partial charge in [-0.2, -0.15) is 5.10 Å². The summed E-state index contributed by atoms with van der Waals surface area (Å²) in [7, 11) is 5.46. The van der Waals surface area contributed by atoms with Gasteiger partial charge in [-0.3, -0.25) is 9.48 Å². The van der Waals surface area contributed by atoms with Crippen LogP contribution >= 0.6 is 0 Å². The van der Waals surface area contributed by atoms with Crippen LogP contribution in [0.3, 0.4) is 0 Å². The highest BCUT2D eigenvalue weighted by atomic mass is 16.5. The molecule has 3 rings (SSSR count). The SMILES string of the molecule is COc1ccc([C@H](CC(=O)N(C)Cc2c(C)nn(C)c2C)c2ccccc2)cc1. The molecule has 0 unspecified atom stereocenters. The van der Waals surface area contributed by atoms with E-state index < -0.39 is 0 Å². The van der Waals surface area contributed by atoms with Crippen LogP contribution in [0.1, 0.15) is 40.4 Å². The van der Waals surface area contributed by atoms with Crippen molar-refractivity contribution in [2.75, 3.05) is 14.2 Å². The molecule has 0 N–H and O–H groups in total. The van der Waals surface area contributed by atoms with Crippen molar-refractivity contribution in [3.05, 3.63) is 82.7 Å². The van der Waals surface area contributed by atoms with Gasteiger partial charge in [-0.25, -0.2) is 0 Å². The summed E-state index contributed by atoms with van der Waals surface area (Å²) in [6.45, 7) is 4.59. The molecule has 3 aromatic rings. The number of methoxy groups -OCH3 is 1. The summed E-state index contributed by atoms with van der Waals surface area (Å²) >= 11 is 0. The number of carbonyl (C=O) groups excluding carboxylic acids is 1. The molecule has 0 aliphatic carbocycles. The van der Waals surface area contributed by atoms with Crippen LogP contribution in [0.4, 0.5) is 0 Å². The van der Waals surface area contributed by atoms with Crippen LogP contribution in [-0.4, -0.2) is 34.7 Å². The van der Waals surface area contributed by atoms with E-state index >= 15 is 0 Å². The fourth-order valence-electron chi connectivity index (χ4n) is 3.65. The molecule has 0 fully saturated rings. The summed E-state index contributed by atoms with van der Waals surface area (Å²) < 4.78 is 7.15. The number of hydrogen-bond acceptors (Lipinski definition) is 3. The Labute approximate surface area is 172 Å². The molecule has 0 saturated carbocycles. The molecule has 1 heterocycles. The second-order valence-electron chi connectivity index (χ2n) is 7.46. The predicted octanol–water partition coefficient (Wildman–Crippen LogP) is 4.23. The average molecular weight is 392 g/mol. The fraction of sp³-hybridized carbons (Fsp3) is 0.333. The first kappa shape index (κ1) is 20.6. The molecule has 0 aliphatic rings. The molecule has 1 aromatic heterocycles. The van der Waals surface area contributed by atoms with Gasteiger partial charge in [-0.05, 0) is 37.1 Å². The molecule has 5 nitrogen and oxygen atoms in total. The maximum Gasteiger partial charge on any atom is 0.223 e. The number of ether oxygens (including phenoxy) is 1. The highest BCUT2D eigenvalue weighted by Crippen LogP contribution is 2.30. The molecular formula is C24H29N3O2. The molecule has 0 radical (unpaired) electrons. The summed E-state index contributed by atoms with van der Waals surface area (Å²) in [6, 6.07) is 18.2. The molecular weight excluding hydrogens is 362 g/mol. The maximum absolute atomic E-state index is 13.1. The second kappa shape index (κ2) is 8.95. The Kier molecular flexibility index (Phi) is 6.37. The van der Waals surface area contributed by atoms with Gasteiger partial charge in [0.1, 0.15) is 5.75 Å². The number of aromatic nitrogens is 2. The minimum Gasteiger partial charge on any atom is -0.497 e. The first-order valence-electron chi connectivity index (χ1n) is 9.82. The second-order valence-corrected chi connectivity index (χ2v) is 7.46. The number of hydrogen-bond donors (Lipinski definition) is 0. The van der Waals surface area contributed by atoms with E-state index in [1.54, 1.807) is 12.0 Å². The van der Waals surface area contributed by atoms with Crippen molar-refractivity contribution in [2.24, 2.45) is 7.05 Å². The molecule has 1 amide bonds. The van der Waals surface area contributed by atoms with Crippen molar-refractivity contribution in [1.29, 1.82) is 0 Å². The summed E-state index contributed by atoms with van der Waals surface area (Å²) in [6.07, 6.45) is 0.408. The first-order chi connectivity index (χ1) is 13.9. The largest absolute Gasteiger partial charge is 0.497 e. The van der Waals surface area contributed by atoms with Crippen molar-refractivity contribution in [1.82, 2.24) is 14.7 Å². The van der Waals surface area contributed by atoms with Gasteiger partial charge in [0.2, 0.25) is 5.91 Å². The Hall–Kier alpha value is -3.08. The van der Waals surface area contributed by atoms with Crippen LogP contribution in [0.15, 0.2) is 54.6 Å². The highest BCUT2D eigenvalue weighted by molar-refractivity contribution is 5.77. The number of aryl methyl sites for hydroxylation is 2. The quantitative estimate of drug-likeness (QED) is 0.606. The molecule has 0 bridgehead atoms. The van der Waals surface area contributed by atoms with Crippen LogP contribution in [0.2, 0.25) is 0 Å². The topological polar surface area (TPSA) is 47.4 Å². The van der Waals surface area contributed by atoms with Gasteiger partial charge in [-0.1, -0.05) is 42.5 Å². The predicted molar refractivity (Wildman–Crippen MR) is 115 cm³/mol. The normalized spacial score (nSPS) is 11.9. The van der Waals surface area contributed by atoms with Crippen molar-refractivity contribution >= 4 is 5.91 Å². The smallest absolute Gasteiger partial charge is 0.223 e. The van der Waals surface area contributed by atoms with Crippen molar-refractivity contribution < 1.29 is 9.53 Å². The van der Waals surface area contributed by atoms with E-state index in [2.05, 4.69) is 17.2 Å². The molecule has 2 aromatic carbocycles. The Morgan fingerprint density at radius 3 is 2.24 bits per heavy atom. The Bertz CT molecular complexity index is 962. The number of benzene rings is 2. The van der Waals surface area contributed by atoms with E-state index in [-0.39, 0.29) is 11.8 Å². The van der Waals surface area contributed by atoms with Crippen LogP contribution in [0, 0.1) is 13.8 Å². The summed E-state index contributed by atoms with van der Waals surface area (Å²) in [4.78, 5) is 14.9. The number of amides is 1. The van der Waals surface area contributed by atoms with Gasteiger partial charge < -0.3 is 9.64 Å². The molecule has 0 saturated heterocycles. The third-order valence-corrected chi connectivity index (χ3v) is 5.58. The first-order valence-corrected chi connectivity index (χ1v) is 9.82. The van der Waals surface area contributed by atoms with Crippen molar-refractivity contribution in [3.63, 3.8) is 0 Å². The van der Waals surface area contributed by atoms with Gasteiger partial charge in [0.25, 0.3) is 0 Å². The van der Waals surface area contributed by atoms with Gasteiger partial charge in [-0.15, -0.1) is 0 Å². The molecule has 29 heavy (non-hydrogen) atoms. The van der Waals surface area contributed by atoms with Crippen LogP contribution in [0.5, 0.6) is 5.75 Å². The van der Waals surface area contributed by atoms with Crippen LogP contribution in [0.25, 0.3) is 0 Å². The fourth-order valence-corrected chi connectivity index (χ4v) is 3.65. The monoisotopic (exact) mass is 391 g/mol. The lowest BCUT2D eigenvalue weighted by Gasteiger charge is -2.23. The number of carbonyl (C=O) groups is 1. The van der Waals surface area contributed by atoms with E-state index in [9.17, 15) is 4.79 Å². The molecule has 0 spiro atoms. The lowest BCUT2D eigenvalue weighted by molar-refractivity contribution is -0.130. The lowest BCUT2D eigenvalue weighted by atomic mass is 9.88. The molecule has 1 atom stereocenters. The van der Waals surface area contributed by atoms with Gasteiger partial charge in [0.05, 0.1) is 12.8 Å². The third-order valence-electron chi connectivity index (χ3n) is 5.58. The van der Waals surface area contributed by atoms with E-state index in [0.717, 1.165) is 33.8 Å². The minimum absolute atomic E-state index is 0.00634. The standard InChI is InChI=1S/C24H29N3O2/c1-17-23(18(2)27(4)25-17)16-26(3)24(28)15-22(19-9-7-6-8-10-19)20-11-13-21(29-5)14-12-20/h6-14,22H,15-16H2,1-5H3/t22-/m1/s1. The lowest BCUT2D eigenvalue weighted by Crippen LogP contribution is -2.28. The van der Waals surface area contributed by atoms with Crippen LogP contribution in [-0.2, 0) is 18.4 Å². The van der Waals surface area contributed by atoms with E-state index in [1.807, 2.05) is 75.1 Å². The highest BCUT2D eigenvalue weighted by Gasteiger charge is 2.22. The minimum atomic E-state index is -0.00634. The maximum atomic E-state index is 13.1. The van der Waals surface area contributed by atoms with Gasteiger partial charge in [0.15, 0.2) is 0 Å². The van der Waals surface area contributed by atoms with Gasteiger partial charge >= 0.3 is 0 Å². The summed E-state index contributed by atoms with van der Waals surface area (Å²) in [5.74, 6) is 0.914. The van der Waals surface area contributed by atoms with E-state index in [1.165, 1.54) is 0 Å². The van der Waals surface area contributed by atoms with E-state index in [0.29, 0.717) is 13.0 Å². The molecule has 5 heteroatoms. The zero-order valence-corrected chi connectivity index (χ0v) is 17.8. The molecule has 0 aliphatic heterocycles. The summed E-state index contributed by atoms with van der Waals surface area (Å²) in [5.41, 5.74) is 5.42. The van der Waals surface area contributed by atoms with Gasteiger partial charge in [0, 0.05) is 44.2 Å². The van der Waals surface area contributed by atoms with E-state index in [4.69, 9.17) is 4.74 Å². The zero-order valence-electron chi connectivity index (χ0n) is 17.8. The Morgan fingerprint density at radius 1 is 1.07 bits per heavy atom. The average Bonchev–Trinajstić information content (AvgIpc) is 2.98. The molecule has 152 valence electrons. The zero-order chi connectivity index (χ0) is 21.0. The third kappa shape index (κ3) is 4.67. The van der Waals surface area contributed by atoms with Crippen LogP contribution < -0.4 is 4.74 Å².